The Balaban J connectivity index is 0.000000291. The molecule has 2 fully saturated rings. The molecule has 6 nitrogen and oxygen atoms in total. The van der Waals surface area contributed by atoms with Gasteiger partial charge in [-0.2, -0.15) is 0 Å². The standard InChI is InChI=1S/C12H23NO2.C11H21NO2/c1-9-6-7-13(8-10(9)2)11(14)15-12(3,4)5;1-9-5-7-12(8-6-9)10(13)14-11(2,3)4/h9-10H,6-8H2,1-5H3;9H,5-8H2,1-4H3/t9-,10+;/m1./s1. The minimum atomic E-state index is -0.386. The molecular formula is C23H44N2O4. The van der Waals surface area contributed by atoms with E-state index in [1.165, 1.54) is 0 Å². The van der Waals surface area contributed by atoms with Crippen molar-refractivity contribution in [2.45, 2.75) is 92.8 Å². The summed E-state index contributed by atoms with van der Waals surface area (Å²) >= 11 is 0. The minimum absolute atomic E-state index is 0.163. The number of ether oxygens (including phenoxy) is 2. The predicted octanol–water partition coefficient (Wildman–Crippen LogP) is 5.55. The first-order valence-electron chi connectivity index (χ1n) is 11.1. The van der Waals surface area contributed by atoms with E-state index < -0.39 is 0 Å². The van der Waals surface area contributed by atoms with Gasteiger partial charge in [-0.3, -0.25) is 0 Å². The third-order valence-electron chi connectivity index (χ3n) is 5.42. The summed E-state index contributed by atoms with van der Waals surface area (Å²) < 4.78 is 10.6. The fourth-order valence-electron chi connectivity index (χ4n) is 3.27. The number of piperidine rings is 2. The van der Waals surface area contributed by atoms with Gasteiger partial charge in [-0.1, -0.05) is 20.8 Å². The van der Waals surface area contributed by atoms with Crippen molar-refractivity contribution in [1.82, 2.24) is 9.80 Å². The summed E-state index contributed by atoms with van der Waals surface area (Å²) in [6.07, 6.45) is 2.95. The Morgan fingerprint density at radius 2 is 1.10 bits per heavy atom. The van der Waals surface area contributed by atoms with Gasteiger partial charge in [0.1, 0.15) is 11.2 Å². The van der Waals surface area contributed by atoms with Crippen molar-refractivity contribution in [3.8, 4) is 0 Å². The first kappa shape index (κ1) is 25.6. The van der Waals surface area contributed by atoms with Gasteiger partial charge in [0.15, 0.2) is 0 Å². The Morgan fingerprint density at radius 3 is 1.52 bits per heavy atom. The number of carbonyl (C=O) groups excluding carboxylic acids is 2. The van der Waals surface area contributed by atoms with Gasteiger partial charge in [-0.25, -0.2) is 9.59 Å². The summed E-state index contributed by atoms with van der Waals surface area (Å²) in [5.41, 5.74) is -0.760. The molecule has 2 aliphatic heterocycles. The van der Waals surface area contributed by atoms with Gasteiger partial charge in [-0.15, -0.1) is 0 Å². The first-order valence-corrected chi connectivity index (χ1v) is 11.1. The molecule has 6 heteroatoms. The lowest BCUT2D eigenvalue weighted by atomic mass is 9.89. The van der Waals surface area contributed by atoms with Gasteiger partial charge in [0, 0.05) is 26.2 Å². The van der Waals surface area contributed by atoms with Crippen LogP contribution in [0.2, 0.25) is 0 Å². The van der Waals surface area contributed by atoms with Crippen LogP contribution in [0, 0.1) is 17.8 Å². The molecule has 29 heavy (non-hydrogen) atoms. The fourth-order valence-corrected chi connectivity index (χ4v) is 3.27. The second-order valence-electron chi connectivity index (χ2n) is 10.8. The van der Waals surface area contributed by atoms with Gasteiger partial charge >= 0.3 is 12.2 Å². The van der Waals surface area contributed by atoms with E-state index >= 15 is 0 Å². The van der Waals surface area contributed by atoms with Gasteiger partial charge in [0.2, 0.25) is 0 Å². The summed E-state index contributed by atoms with van der Waals surface area (Å²) in [7, 11) is 0. The maximum Gasteiger partial charge on any atom is 0.410 e. The molecule has 0 saturated carbocycles. The topological polar surface area (TPSA) is 59.1 Å². The molecule has 0 aromatic heterocycles. The summed E-state index contributed by atoms with van der Waals surface area (Å²) in [5, 5.41) is 0. The molecule has 0 N–H and O–H groups in total. The fraction of sp³-hybridized carbons (Fsp3) is 0.913. The van der Waals surface area contributed by atoms with Crippen LogP contribution in [0.5, 0.6) is 0 Å². The molecule has 2 rings (SSSR count). The van der Waals surface area contributed by atoms with Crippen molar-refractivity contribution in [2.24, 2.45) is 17.8 Å². The summed E-state index contributed by atoms with van der Waals surface area (Å²) in [5.74, 6) is 2.03. The number of hydrogen-bond acceptors (Lipinski definition) is 4. The lowest BCUT2D eigenvalue weighted by Gasteiger charge is -2.36. The van der Waals surface area contributed by atoms with Crippen LogP contribution in [0.15, 0.2) is 0 Å². The zero-order chi connectivity index (χ0) is 22.4. The van der Waals surface area contributed by atoms with E-state index in [2.05, 4.69) is 20.8 Å². The lowest BCUT2D eigenvalue weighted by molar-refractivity contribution is 0.0126. The van der Waals surface area contributed by atoms with Crippen molar-refractivity contribution >= 4 is 12.2 Å². The average Bonchev–Trinajstić information content (AvgIpc) is 2.55. The van der Waals surface area contributed by atoms with E-state index in [0.717, 1.165) is 51.4 Å². The summed E-state index contributed by atoms with van der Waals surface area (Å²) in [6, 6.07) is 0. The number of likely N-dealkylation sites (tertiary alicyclic amines) is 2. The van der Waals surface area contributed by atoms with E-state index in [-0.39, 0.29) is 23.4 Å². The average molecular weight is 413 g/mol. The third kappa shape index (κ3) is 10.2. The van der Waals surface area contributed by atoms with Gasteiger partial charge < -0.3 is 19.3 Å². The summed E-state index contributed by atoms with van der Waals surface area (Å²) in [4.78, 5) is 27.0. The highest BCUT2D eigenvalue weighted by Gasteiger charge is 2.29. The number of carbonyl (C=O) groups is 2. The Kier molecular flexibility index (Phi) is 9.29. The second-order valence-corrected chi connectivity index (χ2v) is 10.8. The van der Waals surface area contributed by atoms with Crippen molar-refractivity contribution in [3.05, 3.63) is 0 Å². The zero-order valence-electron chi connectivity index (χ0n) is 20.2. The van der Waals surface area contributed by atoms with E-state index in [4.69, 9.17) is 9.47 Å². The van der Waals surface area contributed by atoms with Crippen molar-refractivity contribution in [1.29, 1.82) is 0 Å². The van der Waals surface area contributed by atoms with Crippen LogP contribution in [0.1, 0.15) is 81.6 Å². The van der Waals surface area contributed by atoms with Gasteiger partial charge in [0.25, 0.3) is 0 Å². The maximum atomic E-state index is 11.8. The monoisotopic (exact) mass is 412 g/mol. The first-order chi connectivity index (χ1) is 13.2. The van der Waals surface area contributed by atoms with Crippen LogP contribution in [-0.2, 0) is 9.47 Å². The zero-order valence-corrected chi connectivity index (χ0v) is 20.2. The molecule has 2 amide bonds. The number of nitrogens with zero attached hydrogens (tertiary/aromatic N) is 2. The third-order valence-corrected chi connectivity index (χ3v) is 5.42. The molecule has 170 valence electrons. The van der Waals surface area contributed by atoms with E-state index in [1.54, 1.807) is 0 Å². The molecule has 2 saturated heterocycles. The largest absolute Gasteiger partial charge is 0.444 e. The van der Waals surface area contributed by atoms with E-state index in [0.29, 0.717) is 11.8 Å². The van der Waals surface area contributed by atoms with Crippen LogP contribution in [-0.4, -0.2) is 59.4 Å². The Hall–Kier alpha value is -1.46. The second kappa shape index (κ2) is 10.5. The Bertz CT molecular complexity index is 528. The molecular weight excluding hydrogens is 368 g/mol. The van der Waals surface area contributed by atoms with Crippen LogP contribution in [0.25, 0.3) is 0 Å². The van der Waals surface area contributed by atoms with Crippen LogP contribution >= 0.6 is 0 Å². The van der Waals surface area contributed by atoms with Crippen LogP contribution < -0.4 is 0 Å². The van der Waals surface area contributed by atoms with E-state index in [9.17, 15) is 9.59 Å². The molecule has 2 heterocycles. The predicted molar refractivity (Wildman–Crippen MR) is 117 cm³/mol. The number of rotatable bonds is 0. The molecule has 0 aromatic carbocycles. The molecule has 0 aromatic rings. The molecule has 0 radical (unpaired) electrons. The number of hydrogen-bond donors (Lipinski definition) is 0. The molecule has 0 aliphatic carbocycles. The number of amides is 2. The van der Waals surface area contributed by atoms with Gasteiger partial charge in [0.05, 0.1) is 0 Å². The normalized spacial score (nSPS) is 23.8. The molecule has 2 atom stereocenters. The van der Waals surface area contributed by atoms with Crippen molar-refractivity contribution in [3.63, 3.8) is 0 Å². The highest BCUT2D eigenvalue weighted by molar-refractivity contribution is 5.68. The smallest absolute Gasteiger partial charge is 0.410 e. The molecule has 0 spiro atoms. The van der Waals surface area contributed by atoms with E-state index in [1.807, 2.05) is 51.3 Å². The quantitative estimate of drug-likeness (QED) is 0.523. The molecule has 0 unspecified atom stereocenters. The Labute approximate surface area is 178 Å². The Morgan fingerprint density at radius 1 is 0.690 bits per heavy atom. The SMILES string of the molecule is CC1CCN(C(=O)OC(C)(C)C)CC1.C[C@@H]1CCN(C(=O)OC(C)(C)C)C[C@@H]1C. The molecule has 0 bridgehead atoms. The van der Waals surface area contributed by atoms with Crippen LogP contribution in [0.4, 0.5) is 9.59 Å². The highest BCUT2D eigenvalue weighted by Crippen LogP contribution is 2.24. The highest BCUT2D eigenvalue weighted by atomic mass is 16.6. The summed E-state index contributed by atoms with van der Waals surface area (Å²) in [6.45, 7) is 21.4. The molecule has 2 aliphatic rings. The lowest BCUT2D eigenvalue weighted by Crippen LogP contribution is -2.44. The van der Waals surface area contributed by atoms with Crippen LogP contribution in [0.3, 0.4) is 0 Å². The minimum Gasteiger partial charge on any atom is -0.444 e. The van der Waals surface area contributed by atoms with Crippen molar-refractivity contribution < 1.29 is 19.1 Å². The maximum absolute atomic E-state index is 11.8. The van der Waals surface area contributed by atoms with Gasteiger partial charge in [-0.05, 0) is 78.6 Å². The van der Waals surface area contributed by atoms with Crippen molar-refractivity contribution in [2.75, 3.05) is 26.2 Å².